The van der Waals surface area contributed by atoms with Crippen LogP contribution in [0.5, 0.6) is 0 Å². The zero-order chi connectivity index (χ0) is 16.7. The van der Waals surface area contributed by atoms with E-state index in [0.717, 1.165) is 5.56 Å². The fourth-order valence-corrected chi connectivity index (χ4v) is 3.09. The summed E-state index contributed by atoms with van der Waals surface area (Å²) in [5.41, 5.74) is 1.50. The van der Waals surface area contributed by atoms with Gasteiger partial charge in [-0.15, -0.1) is 0 Å². The second-order valence-electron chi connectivity index (χ2n) is 5.67. The molecule has 1 saturated heterocycles. The van der Waals surface area contributed by atoms with Gasteiger partial charge in [0, 0.05) is 5.02 Å². The lowest BCUT2D eigenvalue weighted by atomic mass is 10.1. The Morgan fingerprint density at radius 1 is 0.958 bits per heavy atom. The summed E-state index contributed by atoms with van der Waals surface area (Å²) in [6.45, 7) is 0.430. The highest BCUT2D eigenvalue weighted by Crippen LogP contribution is 2.33. The molecule has 0 aliphatic carbocycles. The second-order valence-corrected chi connectivity index (χ2v) is 6.10. The predicted molar refractivity (Wildman–Crippen MR) is 88.4 cm³/mol. The molecule has 24 heavy (non-hydrogen) atoms. The Kier molecular flexibility index (Phi) is 3.54. The molecule has 2 aromatic rings. The molecule has 6 nitrogen and oxygen atoms in total. The van der Waals surface area contributed by atoms with E-state index in [1.165, 1.54) is 4.90 Å². The second kappa shape index (κ2) is 5.72. The number of fused-ring (bicyclic) bond motifs is 1. The standard InChI is InChI=1S/C17H13ClN4O2/c18-12-6-8-13(9-7-12)22-16(23)14-15(17(22)24)21(20-19-14)10-11-4-2-1-3-5-11/h1-9,14-15H,10H2/t14-,15+/m1/s1. The van der Waals surface area contributed by atoms with Gasteiger partial charge in [0.1, 0.15) is 0 Å². The smallest absolute Gasteiger partial charge is 0.263 e. The van der Waals surface area contributed by atoms with Crippen LogP contribution in [0.3, 0.4) is 0 Å². The quantitative estimate of drug-likeness (QED) is 0.807. The molecule has 0 N–H and O–H groups in total. The number of benzene rings is 2. The van der Waals surface area contributed by atoms with E-state index >= 15 is 0 Å². The first-order valence-electron chi connectivity index (χ1n) is 7.50. The van der Waals surface area contributed by atoms with E-state index in [9.17, 15) is 9.59 Å². The van der Waals surface area contributed by atoms with Gasteiger partial charge in [0.15, 0.2) is 12.1 Å². The summed E-state index contributed by atoms with van der Waals surface area (Å²) in [6, 6.07) is 14.8. The van der Waals surface area contributed by atoms with Gasteiger partial charge in [-0.25, -0.2) is 4.90 Å². The van der Waals surface area contributed by atoms with Crippen LogP contribution in [0.2, 0.25) is 5.02 Å². The van der Waals surface area contributed by atoms with E-state index in [2.05, 4.69) is 10.3 Å². The Morgan fingerprint density at radius 3 is 2.38 bits per heavy atom. The van der Waals surface area contributed by atoms with Gasteiger partial charge < -0.3 is 0 Å². The van der Waals surface area contributed by atoms with E-state index in [1.807, 2.05) is 30.3 Å². The van der Waals surface area contributed by atoms with E-state index in [-0.39, 0.29) is 11.8 Å². The normalized spacial score (nSPS) is 22.4. The summed E-state index contributed by atoms with van der Waals surface area (Å²) < 4.78 is 0. The minimum absolute atomic E-state index is 0.312. The maximum atomic E-state index is 12.8. The Bertz CT molecular complexity index is 822. The van der Waals surface area contributed by atoms with Crippen LogP contribution in [0.1, 0.15) is 5.56 Å². The number of rotatable bonds is 3. The van der Waals surface area contributed by atoms with Crippen molar-refractivity contribution in [3.63, 3.8) is 0 Å². The highest BCUT2D eigenvalue weighted by Gasteiger charge is 2.54. The number of halogens is 1. The largest absolute Gasteiger partial charge is 0.271 e. The fraction of sp³-hybridized carbons (Fsp3) is 0.176. The Balaban J connectivity index is 1.61. The van der Waals surface area contributed by atoms with Crippen LogP contribution in [0, 0.1) is 0 Å². The third-order valence-corrected chi connectivity index (χ3v) is 4.38. The van der Waals surface area contributed by atoms with Crippen LogP contribution >= 0.6 is 11.6 Å². The summed E-state index contributed by atoms with van der Waals surface area (Å²) in [5, 5.41) is 10.2. The number of carbonyl (C=O) groups excluding carboxylic acids is 2. The van der Waals surface area contributed by atoms with Crippen molar-refractivity contribution in [2.75, 3.05) is 4.90 Å². The molecule has 2 atom stereocenters. The molecule has 0 unspecified atom stereocenters. The lowest BCUT2D eigenvalue weighted by molar-refractivity contribution is -0.123. The van der Waals surface area contributed by atoms with Crippen molar-refractivity contribution >= 4 is 29.1 Å². The van der Waals surface area contributed by atoms with Gasteiger partial charge in [0.05, 0.1) is 12.2 Å². The topological polar surface area (TPSA) is 65.3 Å². The number of carbonyl (C=O) groups is 2. The molecule has 1 fully saturated rings. The Hall–Kier alpha value is -2.73. The van der Waals surface area contributed by atoms with Crippen molar-refractivity contribution in [2.45, 2.75) is 18.6 Å². The fourth-order valence-electron chi connectivity index (χ4n) is 2.97. The third-order valence-electron chi connectivity index (χ3n) is 4.13. The molecule has 2 aliphatic heterocycles. The summed E-state index contributed by atoms with van der Waals surface area (Å²) >= 11 is 5.87. The van der Waals surface area contributed by atoms with Crippen LogP contribution in [-0.2, 0) is 16.1 Å². The van der Waals surface area contributed by atoms with E-state index in [1.54, 1.807) is 29.3 Å². The number of amides is 2. The number of hydrogen-bond donors (Lipinski definition) is 0. The van der Waals surface area contributed by atoms with Crippen molar-refractivity contribution in [3.8, 4) is 0 Å². The number of imide groups is 1. The molecule has 0 spiro atoms. The molecule has 2 aromatic carbocycles. The first-order chi connectivity index (χ1) is 11.6. The molecule has 4 rings (SSSR count). The van der Waals surface area contributed by atoms with Gasteiger partial charge in [-0.05, 0) is 29.8 Å². The van der Waals surface area contributed by atoms with Crippen molar-refractivity contribution in [3.05, 3.63) is 65.2 Å². The average molecular weight is 341 g/mol. The van der Waals surface area contributed by atoms with Gasteiger partial charge in [-0.2, -0.15) is 5.11 Å². The molecule has 7 heteroatoms. The third kappa shape index (κ3) is 2.35. The molecule has 0 radical (unpaired) electrons. The molecule has 0 aromatic heterocycles. The summed E-state index contributed by atoms with van der Waals surface area (Å²) in [4.78, 5) is 26.5. The van der Waals surface area contributed by atoms with Crippen LogP contribution in [-0.4, -0.2) is 28.9 Å². The van der Waals surface area contributed by atoms with Gasteiger partial charge in [-0.1, -0.05) is 47.2 Å². The minimum Gasteiger partial charge on any atom is -0.271 e. The highest BCUT2D eigenvalue weighted by molar-refractivity contribution is 6.31. The Morgan fingerprint density at radius 2 is 1.67 bits per heavy atom. The summed E-state index contributed by atoms with van der Waals surface area (Å²) in [6.07, 6.45) is 0. The summed E-state index contributed by atoms with van der Waals surface area (Å²) in [7, 11) is 0. The van der Waals surface area contributed by atoms with Crippen LogP contribution in [0.25, 0.3) is 0 Å². The molecule has 120 valence electrons. The predicted octanol–water partition coefficient (Wildman–Crippen LogP) is 2.83. The monoisotopic (exact) mass is 340 g/mol. The van der Waals surface area contributed by atoms with Crippen molar-refractivity contribution in [2.24, 2.45) is 10.3 Å². The maximum Gasteiger partial charge on any atom is 0.263 e. The van der Waals surface area contributed by atoms with Gasteiger partial charge in [-0.3, -0.25) is 14.6 Å². The Labute approximate surface area is 143 Å². The van der Waals surface area contributed by atoms with Crippen LogP contribution in [0.4, 0.5) is 5.69 Å². The first-order valence-corrected chi connectivity index (χ1v) is 7.87. The van der Waals surface area contributed by atoms with Crippen LogP contribution in [0.15, 0.2) is 64.9 Å². The van der Waals surface area contributed by atoms with Crippen molar-refractivity contribution < 1.29 is 9.59 Å². The van der Waals surface area contributed by atoms with E-state index in [4.69, 9.17) is 11.6 Å². The average Bonchev–Trinajstić information content (AvgIpc) is 3.11. The number of anilines is 1. The molecule has 2 amide bonds. The van der Waals surface area contributed by atoms with Crippen molar-refractivity contribution in [1.29, 1.82) is 0 Å². The van der Waals surface area contributed by atoms with E-state index in [0.29, 0.717) is 17.3 Å². The van der Waals surface area contributed by atoms with Gasteiger partial charge >= 0.3 is 0 Å². The lowest BCUT2D eigenvalue weighted by Crippen LogP contribution is -2.39. The molecular weight excluding hydrogens is 328 g/mol. The molecule has 2 aliphatic rings. The highest BCUT2D eigenvalue weighted by atomic mass is 35.5. The van der Waals surface area contributed by atoms with Crippen molar-refractivity contribution in [1.82, 2.24) is 5.01 Å². The minimum atomic E-state index is -0.781. The molecule has 2 heterocycles. The molecular formula is C17H13ClN4O2. The number of nitrogens with zero attached hydrogens (tertiary/aromatic N) is 4. The van der Waals surface area contributed by atoms with Gasteiger partial charge in [0.25, 0.3) is 11.8 Å². The van der Waals surface area contributed by atoms with Crippen LogP contribution < -0.4 is 4.90 Å². The number of hydrogen-bond acceptors (Lipinski definition) is 5. The molecule has 0 bridgehead atoms. The lowest BCUT2D eigenvalue weighted by Gasteiger charge is -2.20. The van der Waals surface area contributed by atoms with E-state index < -0.39 is 12.1 Å². The maximum absolute atomic E-state index is 12.8. The van der Waals surface area contributed by atoms with Gasteiger partial charge in [0.2, 0.25) is 0 Å². The molecule has 0 saturated carbocycles. The zero-order valence-electron chi connectivity index (χ0n) is 12.5. The first kappa shape index (κ1) is 14.8. The zero-order valence-corrected chi connectivity index (χ0v) is 13.3. The SMILES string of the molecule is O=C1[C@@H]2[C@@H](N=NN2Cc2ccccc2)C(=O)N1c1ccc(Cl)cc1. The summed E-state index contributed by atoms with van der Waals surface area (Å²) in [5.74, 6) is -0.667.